The second kappa shape index (κ2) is 21.0. The fraction of sp³-hybridized carbons (Fsp3) is 0. The van der Waals surface area contributed by atoms with Crippen molar-refractivity contribution in [2.45, 2.75) is 0 Å². The van der Waals surface area contributed by atoms with Crippen molar-refractivity contribution in [2.75, 3.05) is 4.90 Å². The van der Waals surface area contributed by atoms with E-state index in [9.17, 15) is 0 Å². The van der Waals surface area contributed by atoms with Crippen LogP contribution in [0.2, 0.25) is 0 Å². The molecule has 12 rings (SSSR count). The molecule has 0 unspecified atom stereocenters. The summed E-state index contributed by atoms with van der Waals surface area (Å²) in [6.07, 6.45) is 0. The van der Waals surface area contributed by atoms with Crippen molar-refractivity contribution in [3.05, 3.63) is 322 Å². The first-order valence-electron chi connectivity index (χ1n) is 25.5. The fourth-order valence-electron chi connectivity index (χ4n) is 10.7. The fourth-order valence-corrected chi connectivity index (χ4v) is 20.7. The van der Waals surface area contributed by atoms with Crippen LogP contribution >= 0.6 is 0 Å². The molecule has 0 aromatic heterocycles. The summed E-state index contributed by atoms with van der Waals surface area (Å²) in [4.78, 5) is 2.36. The molecule has 12 aromatic carbocycles. The zero-order valence-electron chi connectivity index (χ0n) is 41.0. The van der Waals surface area contributed by atoms with Crippen LogP contribution < -0.4 is 22.5 Å². The van der Waals surface area contributed by atoms with Crippen LogP contribution in [0.15, 0.2) is 322 Å². The first-order valence-corrected chi connectivity index (χ1v) is 29.7. The molecule has 0 radical (unpaired) electrons. The van der Waals surface area contributed by atoms with Gasteiger partial charge < -0.3 is 0 Å². The number of rotatable bonds is 13. The van der Waals surface area contributed by atoms with Crippen LogP contribution in [-0.2, 0) is 0 Å². The van der Waals surface area contributed by atoms with Gasteiger partial charge in [-0.1, -0.05) is 121 Å². The minimum Gasteiger partial charge on any atom is -0.0617 e. The first kappa shape index (κ1) is 46.1. The Bertz CT molecular complexity index is 3540. The maximum atomic E-state index is 2.40. The number of anilines is 3. The smallest absolute Gasteiger partial charge is 0.0374 e. The van der Waals surface area contributed by atoms with Gasteiger partial charge in [0, 0.05) is 11.4 Å². The Kier molecular flexibility index (Phi) is 13.1. The van der Waals surface area contributed by atoms with Gasteiger partial charge in [0.2, 0.25) is 0 Å². The normalized spacial score (nSPS) is 11.2. The first-order chi connectivity index (χ1) is 36.7. The van der Waals surface area contributed by atoms with E-state index >= 15 is 0 Å². The largest absolute Gasteiger partial charge is 0.0617 e. The van der Waals surface area contributed by atoms with Crippen molar-refractivity contribution in [1.82, 2.24) is 0 Å². The van der Waals surface area contributed by atoms with E-state index in [-0.39, 0.29) is 0 Å². The Labute approximate surface area is 438 Å². The monoisotopic (exact) mass is 1010 g/mol. The predicted molar refractivity (Wildman–Crippen MR) is 317 cm³/mol. The van der Waals surface area contributed by atoms with Crippen LogP contribution in [0.25, 0.3) is 66.8 Å². The van der Waals surface area contributed by atoms with Crippen LogP contribution in [0.3, 0.4) is 0 Å². The summed E-state index contributed by atoms with van der Waals surface area (Å²) in [5, 5.41) is 0. The van der Waals surface area contributed by atoms with Gasteiger partial charge in [-0.25, -0.2) is 0 Å². The van der Waals surface area contributed by atoms with E-state index in [1.54, 1.807) is 0 Å². The standard InChI is InChI=1S/C72H53GeN/c1-6-19-54(20-7-1)60-23-16-26-63(51-60)57-37-45-70(46-38-57)74(71-47-39-58(40-48-71)64-27-17-24-61(52-64)55-21-8-2-9-22-55)72-49-41-59(42-50-72)65-28-18-25-62(53-65)56-35-43-69(44-36-56)73(66-29-10-3-11-30-66,67-31-12-4-13-32-67)68-33-14-5-15-34-68/h1-53H. The second-order valence-electron chi connectivity index (χ2n) is 18.9. The Hall–Kier alpha value is -9.02. The molecule has 0 heterocycles. The average Bonchev–Trinajstić information content (AvgIpc) is 3.49. The molecule has 0 bridgehead atoms. The molecular weight excluding hydrogens is 951 g/mol. The molecule has 0 aliphatic rings. The Balaban J connectivity index is 0.868. The van der Waals surface area contributed by atoms with E-state index in [1.807, 2.05) is 0 Å². The maximum absolute atomic E-state index is 3.36. The summed E-state index contributed by atoms with van der Waals surface area (Å²) in [6, 6.07) is 118. The summed E-state index contributed by atoms with van der Waals surface area (Å²) in [5.41, 5.74) is 17.6. The van der Waals surface area contributed by atoms with Gasteiger partial charge in [-0.3, -0.25) is 0 Å². The van der Waals surface area contributed by atoms with Crippen molar-refractivity contribution < 1.29 is 0 Å². The molecule has 350 valence electrons. The molecule has 0 N–H and O–H groups in total. The van der Waals surface area contributed by atoms with Gasteiger partial charge >= 0.3 is 227 Å². The van der Waals surface area contributed by atoms with Gasteiger partial charge in [-0.05, 0) is 80.9 Å². The molecule has 12 aromatic rings. The SMILES string of the molecule is c1ccc(-c2cccc(-c3ccc(N(c4ccc(-c5cccc(-c6ccccc6)c5)cc4)c4ccc(-c5cccc(-c6cc[c]([Ge]([c]7ccccc7)([c]7ccccc7)[c]7ccccc7)cc6)c5)cc4)cc3)c2)cc1. The zero-order valence-corrected chi connectivity index (χ0v) is 43.1. The van der Waals surface area contributed by atoms with Crippen molar-refractivity contribution in [2.24, 2.45) is 0 Å². The van der Waals surface area contributed by atoms with E-state index in [4.69, 9.17) is 0 Å². The van der Waals surface area contributed by atoms with Gasteiger partial charge in [0.25, 0.3) is 0 Å². The van der Waals surface area contributed by atoms with Crippen LogP contribution in [-0.4, -0.2) is 13.3 Å². The number of benzene rings is 12. The van der Waals surface area contributed by atoms with E-state index < -0.39 is 13.3 Å². The summed E-state index contributed by atoms with van der Waals surface area (Å²) in [7, 11) is 0. The molecule has 74 heavy (non-hydrogen) atoms. The van der Waals surface area contributed by atoms with Crippen molar-refractivity contribution in [3.63, 3.8) is 0 Å². The Morgan fingerprint density at radius 3 is 0.635 bits per heavy atom. The number of hydrogen-bond donors (Lipinski definition) is 0. The van der Waals surface area contributed by atoms with E-state index in [0.717, 1.165) is 17.1 Å². The second-order valence-corrected chi connectivity index (χ2v) is 26.9. The maximum Gasteiger partial charge on any atom is -0.0374 e. The molecule has 1 nitrogen and oxygen atoms in total. The van der Waals surface area contributed by atoms with Crippen LogP contribution in [0, 0.1) is 0 Å². The molecule has 0 saturated carbocycles. The Morgan fingerprint density at radius 1 is 0.162 bits per heavy atom. The molecule has 0 aliphatic heterocycles. The van der Waals surface area contributed by atoms with Crippen molar-refractivity contribution >= 4 is 47.9 Å². The van der Waals surface area contributed by atoms with E-state index in [2.05, 4.69) is 326 Å². The molecule has 2 heteroatoms. The third kappa shape index (κ3) is 9.34. The van der Waals surface area contributed by atoms with E-state index in [1.165, 1.54) is 84.3 Å². The summed E-state index contributed by atoms with van der Waals surface area (Å²) >= 11 is -3.36. The summed E-state index contributed by atoms with van der Waals surface area (Å²) in [5.74, 6) is 0. The topological polar surface area (TPSA) is 3.24 Å². The van der Waals surface area contributed by atoms with E-state index in [0.29, 0.717) is 0 Å². The van der Waals surface area contributed by atoms with Gasteiger partial charge in [0.1, 0.15) is 0 Å². The molecule has 0 atom stereocenters. The molecule has 0 spiro atoms. The molecular formula is C72H53GeN. The van der Waals surface area contributed by atoms with Gasteiger partial charge in [0.15, 0.2) is 0 Å². The molecule has 0 aliphatic carbocycles. The number of nitrogens with zero attached hydrogens (tertiary/aromatic N) is 1. The predicted octanol–water partition coefficient (Wildman–Crippen LogP) is 16.5. The third-order valence-electron chi connectivity index (χ3n) is 14.5. The van der Waals surface area contributed by atoms with Crippen molar-refractivity contribution in [1.29, 1.82) is 0 Å². The van der Waals surface area contributed by atoms with Crippen LogP contribution in [0.1, 0.15) is 0 Å². The van der Waals surface area contributed by atoms with Gasteiger partial charge in [-0.15, -0.1) is 0 Å². The molecule has 0 amide bonds. The Morgan fingerprint density at radius 2 is 0.365 bits per heavy atom. The van der Waals surface area contributed by atoms with Gasteiger partial charge in [-0.2, -0.15) is 0 Å². The number of hydrogen-bond acceptors (Lipinski definition) is 1. The van der Waals surface area contributed by atoms with Crippen LogP contribution in [0.4, 0.5) is 17.1 Å². The quantitative estimate of drug-likeness (QED) is 0.104. The minimum atomic E-state index is -3.36. The minimum absolute atomic E-state index is 1.09. The summed E-state index contributed by atoms with van der Waals surface area (Å²) < 4.78 is 5.67. The summed E-state index contributed by atoms with van der Waals surface area (Å²) in [6.45, 7) is 0. The zero-order chi connectivity index (χ0) is 49.5. The van der Waals surface area contributed by atoms with Crippen LogP contribution in [0.5, 0.6) is 0 Å². The van der Waals surface area contributed by atoms with Crippen molar-refractivity contribution in [3.8, 4) is 66.8 Å². The molecule has 0 saturated heterocycles. The van der Waals surface area contributed by atoms with Gasteiger partial charge in [0.05, 0.1) is 0 Å². The third-order valence-corrected chi connectivity index (χ3v) is 24.5. The molecule has 0 fully saturated rings. The average molecular weight is 1000 g/mol.